The lowest BCUT2D eigenvalue weighted by atomic mass is 9.94. The maximum atomic E-state index is 12.3. The highest BCUT2D eigenvalue weighted by Gasteiger charge is 2.57. The van der Waals surface area contributed by atoms with Crippen LogP contribution in [0.1, 0.15) is 19.4 Å². The first-order chi connectivity index (χ1) is 8.59. The van der Waals surface area contributed by atoms with Crippen molar-refractivity contribution < 1.29 is 4.79 Å². The van der Waals surface area contributed by atoms with Crippen molar-refractivity contribution in [2.75, 3.05) is 13.1 Å². The molecule has 18 heavy (non-hydrogen) atoms. The van der Waals surface area contributed by atoms with E-state index in [0.29, 0.717) is 11.8 Å². The van der Waals surface area contributed by atoms with Crippen molar-refractivity contribution >= 4 is 5.91 Å². The van der Waals surface area contributed by atoms with Crippen LogP contribution in [-0.2, 0) is 10.3 Å². The molecule has 0 aromatic heterocycles. The smallest absolute Gasteiger partial charge is 0.224 e. The van der Waals surface area contributed by atoms with Crippen LogP contribution in [0, 0.1) is 17.8 Å². The zero-order chi connectivity index (χ0) is 12.8. The summed E-state index contributed by atoms with van der Waals surface area (Å²) >= 11 is 0. The van der Waals surface area contributed by atoms with Crippen molar-refractivity contribution in [3.63, 3.8) is 0 Å². The summed E-state index contributed by atoms with van der Waals surface area (Å²) in [5.74, 6) is 1.63. The van der Waals surface area contributed by atoms with E-state index in [-0.39, 0.29) is 17.4 Å². The molecule has 1 heterocycles. The maximum absolute atomic E-state index is 12.3. The molecule has 3 rings (SSSR count). The summed E-state index contributed by atoms with van der Waals surface area (Å²) < 4.78 is 0. The van der Waals surface area contributed by atoms with Crippen LogP contribution in [0.4, 0.5) is 0 Å². The topological polar surface area (TPSA) is 41.1 Å². The van der Waals surface area contributed by atoms with Crippen molar-refractivity contribution in [3.8, 4) is 0 Å². The van der Waals surface area contributed by atoms with E-state index in [9.17, 15) is 4.79 Å². The van der Waals surface area contributed by atoms with Crippen LogP contribution in [0.2, 0.25) is 0 Å². The van der Waals surface area contributed by atoms with Gasteiger partial charge in [0.05, 0.1) is 5.54 Å². The number of rotatable bonds is 3. The van der Waals surface area contributed by atoms with E-state index in [1.807, 2.05) is 18.2 Å². The molecule has 1 saturated carbocycles. The predicted octanol–water partition coefficient (Wildman–Crippen LogP) is 1.50. The molecule has 3 nitrogen and oxygen atoms in total. The zero-order valence-electron chi connectivity index (χ0n) is 10.9. The quantitative estimate of drug-likeness (QED) is 0.846. The average molecular weight is 244 g/mol. The molecule has 1 saturated heterocycles. The highest BCUT2D eigenvalue weighted by Crippen LogP contribution is 2.49. The Morgan fingerprint density at radius 1 is 1.22 bits per heavy atom. The Labute approximate surface area is 108 Å². The lowest BCUT2D eigenvalue weighted by molar-refractivity contribution is -0.124. The number of carbonyl (C=O) groups is 1. The van der Waals surface area contributed by atoms with Crippen molar-refractivity contribution in [1.29, 1.82) is 0 Å². The Bertz CT molecular complexity index is 445. The molecule has 1 aromatic rings. The molecule has 0 spiro atoms. The number of fused-ring (bicyclic) bond motifs is 1. The van der Waals surface area contributed by atoms with Gasteiger partial charge in [-0.15, -0.1) is 0 Å². The molecule has 3 atom stereocenters. The number of carbonyl (C=O) groups excluding carboxylic acids is 1. The molecular weight excluding hydrogens is 224 g/mol. The fourth-order valence-electron chi connectivity index (χ4n) is 3.13. The Balaban J connectivity index is 1.67. The van der Waals surface area contributed by atoms with Gasteiger partial charge in [0.1, 0.15) is 0 Å². The minimum absolute atomic E-state index is 0.223. The number of piperidine rings is 1. The molecule has 2 N–H and O–H groups in total. The van der Waals surface area contributed by atoms with Crippen LogP contribution in [0.25, 0.3) is 0 Å². The third-order valence-corrected chi connectivity index (χ3v) is 4.33. The van der Waals surface area contributed by atoms with Gasteiger partial charge >= 0.3 is 0 Å². The fourth-order valence-corrected chi connectivity index (χ4v) is 3.13. The second kappa shape index (κ2) is 4.09. The van der Waals surface area contributed by atoms with Crippen molar-refractivity contribution in [2.24, 2.45) is 17.8 Å². The minimum Gasteiger partial charge on any atom is -0.347 e. The zero-order valence-corrected chi connectivity index (χ0v) is 10.9. The molecule has 1 aliphatic carbocycles. The van der Waals surface area contributed by atoms with Gasteiger partial charge in [-0.25, -0.2) is 0 Å². The van der Waals surface area contributed by atoms with Gasteiger partial charge in [-0.1, -0.05) is 30.3 Å². The lowest BCUT2D eigenvalue weighted by Gasteiger charge is -2.27. The molecule has 1 aliphatic heterocycles. The highest BCUT2D eigenvalue weighted by atomic mass is 16.2. The molecule has 2 aliphatic rings. The van der Waals surface area contributed by atoms with Crippen LogP contribution in [0.5, 0.6) is 0 Å². The lowest BCUT2D eigenvalue weighted by Crippen LogP contribution is -2.43. The molecule has 0 unspecified atom stereocenters. The van der Waals surface area contributed by atoms with Crippen LogP contribution in [0.3, 0.4) is 0 Å². The van der Waals surface area contributed by atoms with Gasteiger partial charge in [0.25, 0.3) is 0 Å². The molecule has 96 valence electrons. The van der Waals surface area contributed by atoms with Crippen molar-refractivity contribution in [1.82, 2.24) is 10.6 Å². The van der Waals surface area contributed by atoms with E-state index >= 15 is 0 Å². The first-order valence-corrected chi connectivity index (χ1v) is 6.68. The van der Waals surface area contributed by atoms with E-state index in [4.69, 9.17) is 0 Å². The number of hydrogen-bond acceptors (Lipinski definition) is 2. The Kier molecular flexibility index (Phi) is 2.67. The Morgan fingerprint density at radius 2 is 1.83 bits per heavy atom. The van der Waals surface area contributed by atoms with Crippen molar-refractivity contribution in [3.05, 3.63) is 35.9 Å². The van der Waals surface area contributed by atoms with E-state index in [1.165, 1.54) is 0 Å². The summed E-state index contributed by atoms with van der Waals surface area (Å²) in [6, 6.07) is 10.2. The maximum Gasteiger partial charge on any atom is 0.224 e. The molecule has 3 heteroatoms. The molecular formula is C15H20N2O. The predicted molar refractivity (Wildman–Crippen MR) is 71.0 cm³/mol. The van der Waals surface area contributed by atoms with Crippen molar-refractivity contribution in [2.45, 2.75) is 19.4 Å². The third-order valence-electron chi connectivity index (χ3n) is 4.33. The van der Waals surface area contributed by atoms with E-state index in [0.717, 1.165) is 18.7 Å². The third kappa shape index (κ3) is 1.93. The minimum atomic E-state index is -0.289. The standard InChI is InChI=1S/C15H20N2O/c1-15(2,10-6-4-3-5-7-10)17-14(18)13-11-8-16-9-12(11)13/h3-7,11-13,16H,8-9H2,1-2H3,(H,17,18)/t11-,12+,13+. The largest absolute Gasteiger partial charge is 0.347 e. The van der Waals surface area contributed by atoms with Gasteiger partial charge in [-0.2, -0.15) is 0 Å². The summed E-state index contributed by atoms with van der Waals surface area (Å²) in [6.07, 6.45) is 0. The first kappa shape index (κ1) is 11.7. The van der Waals surface area contributed by atoms with Crippen LogP contribution in [-0.4, -0.2) is 19.0 Å². The molecule has 0 bridgehead atoms. The normalized spacial score (nSPS) is 29.8. The van der Waals surface area contributed by atoms with Gasteiger partial charge in [0.2, 0.25) is 5.91 Å². The Hall–Kier alpha value is -1.35. The second-order valence-corrected chi connectivity index (χ2v) is 5.99. The number of benzene rings is 1. The van der Waals surface area contributed by atoms with Crippen LogP contribution < -0.4 is 10.6 Å². The number of nitrogens with one attached hydrogen (secondary N) is 2. The van der Waals surface area contributed by atoms with E-state index in [1.54, 1.807) is 0 Å². The van der Waals surface area contributed by atoms with Gasteiger partial charge in [0, 0.05) is 5.92 Å². The van der Waals surface area contributed by atoms with Gasteiger partial charge in [0.15, 0.2) is 0 Å². The van der Waals surface area contributed by atoms with Gasteiger partial charge in [-0.05, 0) is 44.3 Å². The number of amides is 1. The number of hydrogen-bond donors (Lipinski definition) is 2. The molecule has 1 amide bonds. The van der Waals surface area contributed by atoms with E-state index < -0.39 is 0 Å². The molecule has 0 radical (unpaired) electrons. The SMILES string of the molecule is CC(C)(NC(=O)[C@H]1[C@@H]2CNC[C@@H]21)c1ccccc1. The first-order valence-electron chi connectivity index (χ1n) is 6.68. The monoisotopic (exact) mass is 244 g/mol. The summed E-state index contributed by atoms with van der Waals surface area (Å²) in [5, 5.41) is 6.52. The summed E-state index contributed by atoms with van der Waals surface area (Å²) in [5.41, 5.74) is 0.866. The highest BCUT2D eigenvalue weighted by molar-refractivity contribution is 5.83. The Morgan fingerprint density at radius 3 is 2.44 bits per heavy atom. The second-order valence-electron chi connectivity index (χ2n) is 5.99. The summed E-state index contributed by atoms with van der Waals surface area (Å²) in [6.45, 7) is 6.15. The summed E-state index contributed by atoms with van der Waals surface area (Å²) in [7, 11) is 0. The summed E-state index contributed by atoms with van der Waals surface area (Å²) in [4.78, 5) is 12.3. The van der Waals surface area contributed by atoms with Gasteiger partial charge in [-0.3, -0.25) is 4.79 Å². The van der Waals surface area contributed by atoms with Gasteiger partial charge < -0.3 is 10.6 Å². The van der Waals surface area contributed by atoms with Crippen LogP contribution >= 0.6 is 0 Å². The fraction of sp³-hybridized carbons (Fsp3) is 0.533. The molecule has 1 aromatic carbocycles. The molecule has 2 fully saturated rings. The average Bonchev–Trinajstić information content (AvgIpc) is 2.85. The van der Waals surface area contributed by atoms with E-state index in [2.05, 4.69) is 36.6 Å². The van der Waals surface area contributed by atoms with Crippen LogP contribution in [0.15, 0.2) is 30.3 Å².